The Morgan fingerprint density at radius 1 is 0.605 bits per heavy atom. The molecule has 10 rings (SSSR count). The van der Waals surface area contributed by atoms with Crippen LogP contribution in [0, 0.1) is 0 Å². The second-order valence-electron chi connectivity index (χ2n) is 12.4. The van der Waals surface area contributed by atoms with E-state index in [0.717, 1.165) is 16.3 Å². The summed E-state index contributed by atoms with van der Waals surface area (Å²) in [6, 6.07) is 44.7. The fourth-order valence-electron chi connectivity index (χ4n) is 7.73. The smallest absolute Gasteiger partial charge is 0.124 e. The first-order chi connectivity index (χ1) is 21.1. The summed E-state index contributed by atoms with van der Waals surface area (Å²) < 4.78 is 2.43. The van der Waals surface area contributed by atoms with E-state index in [1.54, 1.807) is 11.3 Å². The van der Waals surface area contributed by atoms with E-state index < -0.39 is 0 Å². The summed E-state index contributed by atoms with van der Waals surface area (Å²) in [4.78, 5) is 6.46. The highest BCUT2D eigenvalue weighted by atomic mass is 32.1. The molecule has 0 radical (unpaired) electrons. The molecule has 43 heavy (non-hydrogen) atoms. The Balaban J connectivity index is 1.13. The number of hydrogen-bond acceptors (Lipinski definition) is 2. The van der Waals surface area contributed by atoms with Crippen molar-refractivity contribution >= 4 is 43.9 Å². The van der Waals surface area contributed by atoms with Crippen molar-refractivity contribution in [2.45, 2.75) is 19.3 Å². The Morgan fingerprint density at radius 2 is 1.35 bits per heavy atom. The lowest BCUT2D eigenvalue weighted by molar-refractivity contribution is 0.661. The molecule has 202 valence electrons. The lowest BCUT2D eigenvalue weighted by Crippen LogP contribution is -2.14. The van der Waals surface area contributed by atoms with Gasteiger partial charge in [-0.1, -0.05) is 92.7 Å². The maximum Gasteiger partial charge on any atom is 0.124 e. The molecule has 3 heteroatoms. The van der Waals surface area contributed by atoms with Crippen LogP contribution in [0.4, 0.5) is 0 Å². The van der Waals surface area contributed by atoms with Gasteiger partial charge in [-0.25, -0.2) is 4.98 Å². The first kappa shape index (κ1) is 23.6. The van der Waals surface area contributed by atoms with E-state index in [9.17, 15) is 0 Å². The summed E-state index contributed by atoms with van der Waals surface area (Å²) in [6.07, 6.45) is 0. The molecule has 2 aliphatic carbocycles. The van der Waals surface area contributed by atoms with Crippen molar-refractivity contribution in [1.29, 1.82) is 0 Å². The van der Waals surface area contributed by atoms with Crippen LogP contribution in [-0.4, -0.2) is 9.55 Å². The van der Waals surface area contributed by atoms with Crippen LogP contribution in [0.3, 0.4) is 0 Å². The molecule has 0 N–H and O–H groups in total. The predicted octanol–water partition coefficient (Wildman–Crippen LogP) is 11.0. The van der Waals surface area contributed by atoms with E-state index >= 15 is 0 Å². The monoisotopic (exact) mass is 566 g/mol. The third-order valence-electron chi connectivity index (χ3n) is 9.78. The number of aromatic nitrogens is 2. The molecule has 0 atom stereocenters. The molecule has 0 spiro atoms. The van der Waals surface area contributed by atoms with E-state index in [2.05, 4.69) is 140 Å². The summed E-state index contributed by atoms with van der Waals surface area (Å²) in [6.45, 7) is 4.71. The molecule has 0 fully saturated rings. The van der Waals surface area contributed by atoms with Crippen LogP contribution in [0.1, 0.15) is 25.0 Å². The van der Waals surface area contributed by atoms with Crippen LogP contribution < -0.4 is 0 Å². The normalized spacial score (nSPS) is 14.0. The molecule has 2 nitrogen and oxygen atoms in total. The van der Waals surface area contributed by atoms with Gasteiger partial charge in [-0.05, 0) is 75.5 Å². The third-order valence-corrected chi connectivity index (χ3v) is 10.9. The molecule has 0 bridgehead atoms. The molecular formula is C40H26N2S. The summed E-state index contributed by atoms with van der Waals surface area (Å²) in [5.74, 6) is 0. The van der Waals surface area contributed by atoms with Crippen molar-refractivity contribution < 1.29 is 0 Å². The third kappa shape index (κ3) is 3.00. The highest BCUT2D eigenvalue weighted by molar-refractivity contribution is 7.19. The van der Waals surface area contributed by atoms with Crippen molar-refractivity contribution in [2.75, 3.05) is 0 Å². The van der Waals surface area contributed by atoms with E-state index in [1.165, 1.54) is 76.5 Å². The molecule has 0 aliphatic heterocycles. The van der Waals surface area contributed by atoms with E-state index in [0.29, 0.717) is 0 Å². The Hall–Kier alpha value is -4.99. The van der Waals surface area contributed by atoms with Crippen LogP contribution in [-0.2, 0) is 5.41 Å². The minimum Gasteiger partial charge on any atom is -0.309 e. The maximum absolute atomic E-state index is 5.18. The zero-order valence-corrected chi connectivity index (χ0v) is 24.7. The van der Waals surface area contributed by atoms with Crippen LogP contribution in [0.25, 0.3) is 81.7 Å². The van der Waals surface area contributed by atoms with Gasteiger partial charge < -0.3 is 4.57 Å². The molecule has 6 aromatic carbocycles. The minimum absolute atomic E-state index is 0.0228. The fraction of sp³-hybridized carbons (Fsp3) is 0.0750. The summed E-state index contributed by atoms with van der Waals surface area (Å²) in [5, 5.41) is 6.30. The lowest BCUT2D eigenvalue weighted by atomic mass is 9.82. The Kier molecular flexibility index (Phi) is 4.43. The van der Waals surface area contributed by atoms with Crippen molar-refractivity contribution in [3.8, 4) is 49.1 Å². The van der Waals surface area contributed by atoms with Gasteiger partial charge in [-0.3, -0.25) is 0 Å². The molecule has 0 saturated heterocycles. The molecule has 2 aliphatic rings. The van der Waals surface area contributed by atoms with Gasteiger partial charge in [-0.15, -0.1) is 11.3 Å². The summed E-state index contributed by atoms with van der Waals surface area (Å²) in [5.41, 5.74) is 14.0. The minimum atomic E-state index is -0.0228. The summed E-state index contributed by atoms with van der Waals surface area (Å²) in [7, 11) is 0. The van der Waals surface area contributed by atoms with Gasteiger partial charge in [0.1, 0.15) is 5.01 Å². The molecule has 0 saturated carbocycles. The van der Waals surface area contributed by atoms with Crippen LogP contribution in [0.2, 0.25) is 0 Å². The first-order valence-corrected chi connectivity index (χ1v) is 15.7. The molecule has 0 unspecified atom stereocenters. The second kappa shape index (κ2) is 8.09. The number of fused-ring (bicyclic) bond motifs is 9. The highest BCUT2D eigenvalue weighted by Gasteiger charge is 2.36. The topological polar surface area (TPSA) is 17.8 Å². The van der Waals surface area contributed by atoms with Crippen LogP contribution >= 0.6 is 11.3 Å². The van der Waals surface area contributed by atoms with Crippen molar-refractivity contribution in [2.24, 2.45) is 0 Å². The van der Waals surface area contributed by atoms with Crippen molar-refractivity contribution in [3.05, 3.63) is 132 Å². The van der Waals surface area contributed by atoms with E-state index in [1.807, 2.05) is 0 Å². The molecular weight excluding hydrogens is 541 g/mol. The highest BCUT2D eigenvalue weighted by Crippen LogP contribution is 2.52. The SMILES string of the molecule is CC1(C)c2ccccc2-c2cc3c(cc21)c1ccccc1n3-c1ccc(-c2nc3c(s2)-c2cccc4cccc-3c24)cc1. The Bertz CT molecular complexity index is 2420. The molecule has 8 aromatic rings. The number of nitrogens with zero attached hydrogens (tertiary/aromatic N) is 2. The summed E-state index contributed by atoms with van der Waals surface area (Å²) >= 11 is 1.80. The Morgan fingerprint density at radius 3 is 2.21 bits per heavy atom. The molecule has 2 heterocycles. The Labute approximate surface area is 253 Å². The zero-order valence-electron chi connectivity index (χ0n) is 23.8. The van der Waals surface area contributed by atoms with Crippen molar-refractivity contribution in [1.82, 2.24) is 9.55 Å². The number of rotatable bonds is 2. The fourth-order valence-corrected chi connectivity index (χ4v) is 8.85. The first-order valence-electron chi connectivity index (χ1n) is 14.9. The van der Waals surface area contributed by atoms with Gasteiger partial charge in [0, 0.05) is 38.6 Å². The average Bonchev–Trinajstić information content (AvgIpc) is 3.76. The van der Waals surface area contributed by atoms with E-state index in [4.69, 9.17) is 4.98 Å². The van der Waals surface area contributed by atoms with Gasteiger partial charge in [0.25, 0.3) is 0 Å². The standard InChI is InChI=1S/C40H26N2S/c1-40(2)32-15-5-3-11-26(32)30-22-35-31(21-33(30)40)27-12-4-6-16-34(27)42(35)25-19-17-24(18-20-25)39-41-37-28-13-7-9-23-10-8-14-29(36(23)28)38(37)43-39/h3-22H,1-2H3. The van der Waals surface area contributed by atoms with Gasteiger partial charge in [-0.2, -0.15) is 0 Å². The molecule has 2 aromatic heterocycles. The van der Waals surface area contributed by atoms with Crippen LogP contribution in [0.5, 0.6) is 0 Å². The quantitative estimate of drug-likeness (QED) is 0.203. The van der Waals surface area contributed by atoms with Crippen molar-refractivity contribution in [3.63, 3.8) is 0 Å². The maximum atomic E-state index is 5.18. The van der Waals surface area contributed by atoms with Gasteiger partial charge >= 0.3 is 0 Å². The molecule has 0 amide bonds. The number of thiazole rings is 1. The van der Waals surface area contributed by atoms with Gasteiger partial charge in [0.15, 0.2) is 0 Å². The largest absolute Gasteiger partial charge is 0.309 e. The zero-order chi connectivity index (χ0) is 28.4. The number of para-hydroxylation sites is 1. The van der Waals surface area contributed by atoms with E-state index in [-0.39, 0.29) is 5.41 Å². The van der Waals surface area contributed by atoms with Crippen LogP contribution in [0.15, 0.2) is 121 Å². The second-order valence-corrected chi connectivity index (χ2v) is 13.4. The number of hydrogen-bond donors (Lipinski definition) is 0. The lowest BCUT2D eigenvalue weighted by Gasteiger charge is -2.21. The van der Waals surface area contributed by atoms with Gasteiger partial charge in [0.05, 0.1) is 21.6 Å². The van der Waals surface area contributed by atoms with Gasteiger partial charge in [0.2, 0.25) is 0 Å². The predicted molar refractivity (Wildman–Crippen MR) is 181 cm³/mol. The number of benzene rings is 6. The average molecular weight is 567 g/mol.